The van der Waals surface area contributed by atoms with Gasteiger partial charge in [0.15, 0.2) is 0 Å². The molecule has 0 aliphatic rings. The van der Waals surface area contributed by atoms with Crippen LogP contribution in [0.3, 0.4) is 0 Å². The molecule has 0 saturated carbocycles. The van der Waals surface area contributed by atoms with Gasteiger partial charge >= 0.3 is 0 Å². The van der Waals surface area contributed by atoms with Gasteiger partial charge in [0, 0.05) is 12.5 Å². The molecule has 22 heavy (non-hydrogen) atoms. The maximum Gasteiger partial charge on any atom is 0.247 e. The van der Waals surface area contributed by atoms with Crippen molar-refractivity contribution in [1.82, 2.24) is 10.2 Å². The first-order valence-corrected chi connectivity index (χ1v) is 6.85. The van der Waals surface area contributed by atoms with Gasteiger partial charge in [-0.3, -0.25) is 0 Å². The Morgan fingerprint density at radius 1 is 0.818 bits per heavy atom. The summed E-state index contributed by atoms with van der Waals surface area (Å²) in [4.78, 5) is 0. The number of nitrogens with zero attached hydrogens (tertiary/aromatic N) is 2. The molecule has 1 aromatic heterocycles. The molecule has 112 valence electrons. The molecule has 5 nitrogen and oxygen atoms in total. The standard InChI is InChI=1S/C17H16N2O3/c1-11-18-19-17(22-11)13-9-7-12(8-10-13)16-14(20-2)5-4-6-15(16)21-3/h4-10H,1-3H3. The van der Waals surface area contributed by atoms with E-state index in [2.05, 4.69) is 10.2 Å². The maximum atomic E-state index is 5.44. The summed E-state index contributed by atoms with van der Waals surface area (Å²) < 4.78 is 16.3. The van der Waals surface area contributed by atoms with E-state index in [0.717, 1.165) is 28.2 Å². The van der Waals surface area contributed by atoms with E-state index >= 15 is 0 Å². The fraction of sp³-hybridized carbons (Fsp3) is 0.176. The molecule has 3 aromatic rings. The van der Waals surface area contributed by atoms with Crippen LogP contribution in [0.15, 0.2) is 46.9 Å². The van der Waals surface area contributed by atoms with Crippen LogP contribution < -0.4 is 9.47 Å². The largest absolute Gasteiger partial charge is 0.496 e. The number of rotatable bonds is 4. The number of methoxy groups -OCH3 is 2. The maximum absolute atomic E-state index is 5.44. The molecule has 0 unspecified atom stereocenters. The highest BCUT2D eigenvalue weighted by molar-refractivity contribution is 5.78. The minimum Gasteiger partial charge on any atom is -0.496 e. The molecular weight excluding hydrogens is 280 g/mol. The van der Waals surface area contributed by atoms with Gasteiger partial charge in [0.2, 0.25) is 11.8 Å². The summed E-state index contributed by atoms with van der Waals surface area (Å²) in [6.07, 6.45) is 0. The van der Waals surface area contributed by atoms with E-state index in [4.69, 9.17) is 13.9 Å². The molecule has 0 amide bonds. The number of ether oxygens (including phenoxy) is 2. The minimum atomic E-state index is 0.510. The van der Waals surface area contributed by atoms with Gasteiger partial charge in [0.05, 0.1) is 19.8 Å². The van der Waals surface area contributed by atoms with Crippen LogP contribution in [0.2, 0.25) is 0 Å². The quantitative estimate of drug-likeness (QED) is 0.734. The Morgan fingerprint density at radius 2 is 1.41 bits per heavy atom. The summed E-state index contributed by atoms with van der Waals surface area (Å²) in [6.45, 7) is 1.77. The SMILES string of the molecule is COc1cccc(OC)c1-c1ccc(-c2nnc(C)o2)cc1. The van der Waals surface area contributed by atoms with Crippen molar-refractivity contribution < 1.29 is 13.9 Å². The predicted molar refractivity (Wildman–Crippen MR) is 83.0 cm³/mol. The molecule has 0 N–H and O–H groups in total. The summed E-state index contributed by atoms with van der Waals surface area (Å²) in [5, 5.41) is 7.86. The molecule has 0 aliphatic carbocycles. The fourth-order valence-electron chi connectivity index (χ4n) is 2.33. The van der Waals surface area contributed by atoms with Crippen LogP contribution in [0, 0.1) is 6.92 Å². The molecule has 0 saturated heterocycles. The van der Waals surface area contributed by atoms with Crippen molar-refractivity contribution in [2.45, 2.75) is 6.92 Å². The normalized spacial score (nSPS) is 10.5. The second-order valence-corrected chi connectivity index (χ2v) is 4.74. The number of hydrogen-bond donors (Lipinski definition) is 0. The lowest BCUT2D eigenvalue weighted by molar-refractivity contribution is 0.397. The Kier molecular flexibility index (Phi) is 3.78. The van der Waals surface area contributed by atoms with Gasteiger partial charge in [-0.1, -0.05) is 18.2 Å². The molecule has 1 heterocycles. The molecule has 0 radical (unpaired) electrons. The monoisotopic (exact) mass is 296 g/mol. The zero-order valence-electron chi connectivity index (χ0n) is 12.7. The lowest BCUT2D eigenvalue weighted by atomic mass is 10.0. The van der Waals surface area contributed by atoms with E-state index in [9.17, 15) is 0 Å². The summed E-state index contributed by atoms with van der Waals surface area (Å²) in [5.74, 6) is 2.59. The summed E-state index contributed by atoms with van der Waals surface area (Å²) in [7, 11) is 3.29. The molecule has 0 fully saturated rings. The van der Waals surface area contributed by atoms with Crippen molar-refractivity contribution in [2.24, 2.45) is 0 Å². The van der Waals surface area contributed by atoms with Crippen LogP contribution in [0.25, 0.3) is 22.6 Å². The number of aryl methyl sites for hydroxylation is 1. The summed E-state index contributed by atoms with van der Waals surface area (Å²) in [6, 6.07) is 13.6. The molecule has 5 heteroatoms. The Morgan fingerprint density at radius 3 is 1.91 bits per heavy atom. The first-order chi connectivity index (χ1) is 10.7. The Hall–Kier alpha value is -2.82. The average molecular weight is 296 g/mol. The fourth-order valence-corrected chi connectivity index (χ4v) is 2.33. The second-order valence-electron chi connectivity index (χ2n) is 4.74. The smallest absolute Gasteiger partial charge is 0.247 e. The van der Waals surface area contributed by atoms with Crippen molar-refractivity contribution >= 4 is 0 Å². The molecule has 2 aromatic carbocycles. The number of aromatic nitrogens is 2. The molecule has 0 bridgehead atoms. The van der Waals surface area contributed by atoms with Crippen molar-refractivity contribution in [3.8, 4) is 34.1 Å². The van der Waals surface area contributed by atoms with Gasteiger partial charge in [-0.05, 0) is 29.8 Å². The number of benzene rings is 2. The average Bonchev–Trinajstić information content (AvgIpc) is 3.00. The van der Waals surface area contributed by atoms with Crippen LogP contribution in [0.1, 0.15) is 5.89 Å². The van der Waals surface area contributed by atoms with E-state index < -0.39 is 0 Å². The summed E-state index contributed by atoms with van der Waals surface area (Å²) in [5.41, 5.74) is 2.79. The third-order valence-corrected chi connectivity index (χ3v) is 3.37. The van der Waals surface area contributed by atoms with Crippen molar-refractivity contribution in [2.75, 3.05) is 14.2 Å². The summed E-state index contributed by atoms with van der Waals surface area (Å²) >= 11 is 0. The van der Waals surface area contributed by atoms with Gasteiger partial charge < -0.3 is 13.9 Å². The molecule has 3 rings (SSSR count). The first-order valence-electron chi connectivity index (χ1n) is 6.85. The van der Waals surface area contributed by atoms with Crippen LogP contribution in [-0.4, -0.2) is 24.4 Å². The van der Waals surface area contributed by atoms with E-state index in [1.54, 1.807) is 21.1 Å². The van der Waals surface area contributed by atoms with Crippen molar-refractivity contribution in [1.29, 1.82) is 0 Å². The molecule has 0 aliphatic heterocycles. The van der Waals surface area contributed by atoms with Crippen molar-refractivity contribution in [3.63, 3.8) is 0 Å². The Labute approximate surface area is 128 Å². The second kappa shape index (κ2) is 5.89. The van der Waals surface area contributed by atoms with Gasteiger partial charge in [-0.2, -0.15) is 0 Å². The minimum absolute atomic E-state index is 0.510. The Bertz CT molecular complexity index is 757. The lowest BCUT2D eigenvalue weighted by Crippen LogP contribution is -1.92. The van der Waals surface area contributed by atoms with E-state index in [-0.39, 0.29) is 0 Å². The van der Waals surface area contributed by atoms with Gasteiger partial charge in [-0.25, -0.2) is 0 Å². The van der Waals surface area contributed by atoms with Crippen LogP contribution in [-0.2, 0) is 0 Å². The first kappa shape index (κ1) is 14.1. The molecular formula is C17H16N2O3. The topological polar surface area (TPSA) is 57.4 Å². The van der Waals surface area contributed by atoms with E-state index in [1.165, 1.54) is 0 Å². The highest BCUT2D eigenvalue weighted by atomic mass is 16.5. The molecule has 0 spiro atoms. The lowest BCUT2D eigenvalue weighted by Gasteiger charge is -2.13. The van der Waals surface area contributed by atoms with Gasteiger partial charge in [0.1, 0.15) is 11.5 Å². The highest BCUT2D eigenvalue weighted by Crippen LogP contribution is 2.38. The zero-order chi connectivity index (χ0) is 15.5. The van der Waals surface area contributed by atoms with E-state index in [1.807, 2.05) is 42.5 Å². The van der Waals surface area contributed by atoms with Gasteiger partial charge in [0.25, 0.3) is 0 Å². The van der Waals surface area contributed by atoms with Crippen LogP contribution in [0.5, 0.6) is 11.5 Å². The van der Waals surface area contributed by atoms with Gasteiger partial charge in [-0.15, -0.1) is 10.2 Å². The van der Waals surface area contributed by atoms with Crippen molar-refractivity contribution in [3.05, 3.63) is 48.4 Å². The third-order valence-electron chi connectivity index (χ3n) is 3.37. The van der Waals surface area contributed by atoms with Crippen LogP contribution in [0.4, 0.5) is 0 Å². The van der Waals surface area contributed by atoms with E-state index in [0.29, 0.717) is 11.8 Å². The Balaban J connectivity index is 2.03. The number of hydrogen-bond acceptors (Lipinski definition) is 5. The van der Waals surface area contributed by atoms with Crippen LogP contribution >= 0.6 is 0 Å². The highest BCUT2D eigenvalue weighted by Gasteiger charge is 2.13. The molecule has 0 atom stereocenters. The zero-order valence-corrected chi connectivity index (χ0v) is 12.7. The predicted octanol–water partition coefficient (Wildman–Crippen LogP) is 3.73. The third kappa shape index (κ3) is 2.53.